The number of nitrogens with zero attached hydrogens (tertiary/aromatic N) is 2. The van der Waals surface area contributed by atoms with Gasteiger partial charge in [0.05, 0.1) is 11.3 Å². The summed E-state index contributed by atoms with van der Waals surface area (Å²) in [6.45, 7) is 0. The minimum Gasteiger partial charge on any atom is -0.397 e. The van der Waals surface area contributed by atoms with Crippen molar-refractivity contribution in [3.05, 3.63) is 51.4 Å². The lowest BCUT2D eigenvalue weighted by molar-refractivity contribution is 0.104. The molecule has 3 rings (SSSR count). The van der Waals surface area contributed by atoms with E-state index in [0.29, 0.717) is 31.4 Å². The number of hydrogen-bond acceptors (Lipinski definition) is 6. The lowest BCUT2D eigenvalue weighted by Gasteiger charge is -2.00. The van der Waals surface area contributed by atoms with Crippen molar-refractivity contribution in [2.45, 2.75) is 0 Å². The second kappa shape index (κ2) is 5.30. The number of carbonyl (C=O) groups is 1. The third-order valence-electron chi connectivity index (χ3n) is 3.18. The summed E-state index contributed by atoms with van der Waals surface area (Å²) >= 11 is 6.98. The number of carbonyl (C=O) groups excluding carboxylic acids is 1. The van der Waals surface area contributed by atoms with Crippen LogP contribution in [-0.2, 0) is 0 Å². The number of fused-ring (bicyclic) bond motifs is 1. The monoisotopic (exact) mass is 328 g/mol. The van der Waals surface area contributed by atoms with E-state index >= 15 is 0 Å². The standard InChI is InChI=1S/C15H9ClN4OS/c16-9-3-1-7(2-4-9)12(21)13-11(18)10-5-8(6-17)14(19)20-15(10)22-13/h1-5H,18H2,(H2,19,20). The Bertz CT molecular complexity index is 941. The van der Waals surface area contributed by atoms with Crippen LogP contribution in [0.4, 0.5) is 11.5 Å². The van der Waals surface area contributed by atoms with Crippen molar-refractivity contribution in [1.82, 2.24) is 4.98 Å². The molecule has 108 valence electrons. The van der Waals surface area contributed by atoms with Crippen molar-refractivity contribution >= 4 is 50.4 Å². The van der Waals surface area contributed by atoms with Gasteiger partial charge in [0.25, 0.3) is 0 Å². The third kappa shape index (κ3) is 2.26. The van der Waals surface area contributed by atoms with Gasteiger partial charge in [0.2, 0.25) is 5.78 Å². The van der Waals surface area contributed by atoms with Crippen molar-refractivity contribution in [1.29, 1.82) is 5.26 Å². The average Bonchev–Trinajstić information content (AvgIpc) is 2.82. The topological polar surface area (TPSA) is 106 Å². The van der Waals surface area contributed by atoms with E-state index < -0.39 is 0 Å². The zero-order valence-corrected chi connectivity index (χ0v) is 12.7. The number of nitriles is 1. The minimum absolute atomic E-state index is 0.127. The summed E-state index contributed by atoms with van der Waals surface area (Å²) in [7, 11) is 0. The maximum atomic E-state index is 12.6. The molecule has 0 aliphatic heterocycles. The maximum absolute atomic E-state index is 12.6. The SMILES string of the molecule is N#Cc1cc2c(N)c(C(=O)c3ccc(Cl)cc3)sc2nc1N. The number of halogens is 1. The number of thiophene rings is 1. The van der Waals surface area contributed by atoms with Gasteiger partial charge in [-0.2, -0.15) is 5.26 Å². The number of aromatic nitrogens is 1. The fraction of sp³-hybridized carbons (Fsp3) is 0. The predicted octanol–water partition coefficient (Wildman–Crippen LogP) is 3.22. The highest BCUT2D eigenvalue weighted by molar-refractivity contribution is 7.21. The van der Waals surface area contributed by atoms with Gasteiger partial charge in [-0.1, -0.05) is 11.6 Å². The van der Waals surface area contributed by atoms with Gasteiger partial charge in [0, 0.05) is 16.0 Å². The van der Waals surface area contributed by atoms with E-state index in [1.807, 2.05) is 6.07 Å². The number of benzene rings is 1. The van der Waals surface area contributed by atoms with Crippen LogP contribution in [0.1, 0.15) is 20.8 Å². The van der Waals surface area contributed by atoms with Gasteiger partial charge in [-0.05, 0) is 30.3 Å². The van der Waals surface area contributed by atoms with Crippen LogP contribution in [0.15, 0.2) is 30.3 Å². The normalized spacial score (nSPS) is 10.5. The first kappa shape index (κ1) is 14.3. The Morgan fingerprint density at radius 3 is 2.59 bits per heavy atom. The fourth-order valence-corrected chi connectivity index (χ4v) is 3.22. The summed E-state index contributed by atoms with van der Waals surface area (Å²) in [5.41, 5.74) is 12.8. The first-order valence-electron chi connectivity index (χ1n) is 6.20. The number of nitrogen functional groups attached to an aromatic ring is 2. The smallest absolute Gasteiger partial charge is 0.205 e. The molecule has 0 saturated carbocycles. The van der Waals surface area contributed by atoms with E-state index in [-0.39, 0.29) is 17.2 Å². The van der Waals surface area contributed by atoms with Crippen LogP contribution in [0.2, 0.25) is 5.02 Å². The molecule has 3 aromatic rings. The first-order chi connectivity index (χ1) is 10.5. The molecule has 22 heavy (non-hydrogen) atoms. The highest BCUT2D eigenvalue weighted by Crippen LogP contribution is 2.35. The van der Waals surface area contributed by atoms with Crippen LogP contribution in [0.25, 0.3) is 10.2 Å². The molecule has 4 N–H and O–H groups in total. The van der Waals surface area contributed by atoms with Crippen LogP contribution in [0.5, 0.6) is 0 Å². The van der Waals surface area contributed by atoms with Gasteiger partial charge in [0.1, 0.15) is 21.6 Å². The van der Waals surface area contributed by atoms with E-state index in [9.17, 15) is 4.79 Å². The zero-order chi connectivity index (χ0) is 15.9. The van der Waals surface area contributed by atoms with Crippen LogP contribution in [0, 0.1) is 11.3 Å². The fourth-order valence-electron chi connectivity index (χ4n) is 2.05. The number of hydrogen-bond donors (Lipinski definition) is 2. The molecule has 0 radical (unpaired) electrons. The third-order valence-corrected chi connectivity index (χ3v) is 4.55. The summed E-state index contributed by atoms with van der Waals surface area (Å²) in [5, 5.41) is 10.1. The first-order valence-corrected chi connectivity index (χ1v) is 7.39. The summed E-state index contributed by atoms with van der Waals surface area (Å²) in [5.74, 6) is -0.0870. The van der Waals surface area contributed by atoms with Crippen LogP contribution < -0.4 is 11.5 Å². The quantitative estimate of drug-likeness (QED) is 0.702. The summed E-state index contributed by atoms with van der Waals surface area (Å²) in [6.07, 6.45) is 0. The molecule has 0 aliphatic rings. The Labute approximate surface area is 134 Å². The second-order valence-corrected chi connectivity index (χ2v) is 6.00. The molecular formula is C15H9ClN4OS. The largest absolute Gasteiger partial charge is 0.397 e. The van der Waals surface area contributed by atoms with Gasteiger partial charge in [-0.25, -0.2) is 4.98 Å². The molecular weight excluding hydrogens is 320 g/mol. The lowest BCUT2D eigenvalue weighted by atomic mass is 10.1. The van der Waals surface area contributed by atoms with Gasteiger partial charge in [0.15, 0.2) is 0 Å². The average molecular weight is 329 g/mol. The van der Waals surface area contributed by atoms with E-state index in [1.165, 1.54) is 0 Å². The highest BCUT2D eigenvalue weighted by Gasteiger charge is 2.20. The molecule has 0 saturated heterocycles. The number of pyridine rings is 1. The van der Waals surface area contributed by atoms with Crippen LogP contribution in [-0.4, -0.2) is 10.8 Å². The molecule has 0 fully saturated rings. The summed E-state index contributed by atoms with van der Waals surface area (Å²) < 4.78 is 0. The highest BCUT2D eigenvalue weighted by atomic mass is 35.5. The van der Waals surface area contributed by atoms with Crippen LogP contribution >= 0.6 is 22.9 Å². The van der Waals surface area contributed by atoms with E-state index in [1.54, 1.807) is 30.3 Å². The number of ketones is 1. The maximum Gasteiger partial charge on any atom is 0.205 e. The summed E-state index contributed by atoms with van der Waals surface area (Å²) in [4.78, 5) is 17.6. The Hall–Kier alpha value is -2.62. The van der Waals surface area contributed by atoms with Crippen molar-refractivity contribution < 1.29 is 4.79 Å². The van der Waals surface area contributed by atoms with Gasteiger partial charge >= 0.3 is 0 Å². The second-order valence-electron chi connectivity index (χ2n) is 4.57. The Kier molecular flexibility index (Phi) is 3.45. The number of anilines is 2. The Balaban J connectivity index is 2.15. The molecule has 0 unspecified atom stereocenters. The minimum atomic E-state index is -0.214. The molecule has 0 atom stereocenters. The van der Waals surface area contributed by atoms with E-state index in [0.717, 1.165) is 11.3 Å². The van der Waals surface area contributed by atoms with Crippen molar-refractivity contribution in [2.75, 3.05) is 11.5 Å². The molecule has 7 heteroatoms. The molecule has 0 aliphatic carbocycles. The lowest BCUT2D eigenvalue weighted by Crippen LogP contribution is -2.01. The number of rotatable bonds is 2. The van der Waals surface area contributed by atoms with E-state index in [4.69, 9.17) is 28.3 Å². The van der Waals surface area contributed by atoms with Crippen molar-refractivity contribution in [3.63, 3.8) is 0 Å². The molecule has 1 aromatic carbocycles. The van der Waals surface area contributed by atoms with Gasteiger partial charge in [-0.3, -0.25) is 4.79 Å². The molecule has 0 bridgehead atoms. The van der Waals surface area contributed by atoms with Crippen molar-refractivity contribution in [3.8, 4) is 6.07 Å². The predicted molar refractivity (Wildman–Crippen MR) is 88.0 cm³/mol. The molecule has 0 amide bonds. The molecule has 0 spiro atoms. The summed E-state index contributed by atoms with van der Waals surface area (Å²) in [6, 6.07) is 10.1. The van der Waals surface area contributed by atoms with Gasteiger partial charge < -0.3 is 11.5 Å². The zero-order valence-electron chi connectivity index (χ0n) is 11.1. The van der Waals surface area contributed by atoms with E-state index in [2.05, 4.69) is 4.98 Å². The Morgan fingerprint density at radius 2 is 1.95 bits per heavy atom. The van der Waals surface area contributed by atoms with Crippen molar-refractivity contribution in [2.24, 2.45) is 0 Å². The Morgan fingerprint density at radius 1 is 1.27 bits per heavy atom. The number of nitrogens with two attached hydrogens (primary N) is 2. The molecule has 5 nitrogen and oxygen atoms in total. The van der Waals surface area contributed by atoms with Gasteiger partial charge in [-0.15, -0.1) is 11.3 Å². The van der Waals surface area contributed by atoms with Crippen LogP contribution in [0.3, 0.4) is 0 Å². The molecule has 2 aromatic heterocycles. The molecule has 2 heterocycles.